The lowest BCUT2D eigenvalue weighted by molar-refractivity contribution is 0.290. The summed E-state index contributed by atoms with van der Waals surface area (Å²) >= 11 is 0. The number of halogens is 1. The largest absolute Gasteiger partial charge is 0.492 e. The SMILES string of the molecule is OCC#Cc1ccc(OCCn2cccn2)cc1F. The van der Waals surface area contributed by atoms with E-state index < -0.39 is 5.82 Å². The molecule has 0 radical (unpaired) electrons. The topological polar surface area (TPSA) is 47.3 Å². The number of rotatable bonds is 4. The van der Waals surface area contributed by atoms with E-state index in [0.717, 1.165) is 0 Å². The van der Waals surface area contributed by atoms with Crippen LogP contribution in [0, 0.1) is 17.7 Å². The van der Waals surface area contributed by atoms with Crippen LogP contribution in [0.25, 0.3) is 0 Å². The minimum atomic E-state index is -0.461. The number of nitrogens with zero attached hydrogens (tertiary/aromatic N) is 2. The molecule has 0 amide bonds. The van der Waals surface area contributed by atoms with Gasteiger partial charge in [-0.15, -0.1) is 0 Å². The van der Waals surface area contributed by atoms with Crippen LogP contribution in [0.15, 0.2) is 36.7 Å². The minimum Gasteiger partial charge on any atom is -0.492 e. The average Bonchev–Trinajstić information content (AvgIpc) is 2.91. The Morgan fingerprint density at radius 1 is 1.42 bits per heavy atom. The maximum atomic E-state index is 13.6. The first-order valence-electron chi connectivity index (χ1n) is 5.79. The van der Waals surface area contributed by atoms with Gasteiger partial charge in [0, 0.05) is 18.5 Å². The average molecular weight is 260 g/mol. The van der Waals surface area contributed by atoms with Gasteiger partial charge < -0.3 is 9.84 Å². The lowest BCUT2D eigenvalue weighted by atomic mass is 10.2. The first kappa shape index (κ1) is 13.1. The third kappa shape index (κ3) is 3.83. The molecule has 1 aromatic carbocycles. The van der Waals surface area contributed by atoms with E-state index in [1.54, 1.807) is 16.9 Å². The van der Waals surface area contributed by atoms with Crippen molar-refractivity contribution < 1.29 is 14.2 Å². The summed E-state index contributed by atoms with van der Waals surface area (Å²) in [5.74, 6) is 4.91. The zero-order valence-corrected chi connectivity index (χ0v) is 10.2. The first-order chi connectivity index (χ1) is 9.29. The van der Waals surface area contributed by atoms with Gasteiger partial charge >= 0.3 is 0 Å². The highest BCUT2D eigenvalue weighted by molar-refractivity contribution is 5.39. The second kappa shape index (κ2) is 6.57. The van der Waals surface area contributed by atoms with E-state index in [1.807, 2.05) is 12.3 Å². The van der Waals surface area contributed by atoms with Gasteiger partial charge in [0.1, 0.15) is 24.8 Å². The Morgan fingerprint density at radius 2 is 2.32 bits per heavy atom. The van der Waals surface area contributed by atoms with Crippen molar-refractivity contribution in [3.8, 4) is 17.6 Å². The second-order valence-corrected chi connectivity index (χ2v) is 3.72. The molecule has 0 saturated carbocycles. The molecule has 0 aliphatic heterocycles. The van der Waals surface area contributed by atoms with E-state index in [1.165, 1.54) is 12.1 Å². The summed E-state index contributed by atoms with van der Waals surface area (Å²) in [4.78, 5) is 0. The molecular weight excluding hydrogens is 247 g/mol. The summed E-state index contributed by atoms with van der Waals surface area (Å²) in [5.41, 5.74) is 0.244. The third-order valence-corrected chi connectivity index (χ3v) is 2.39. The smallest absolute Gasteiger partial charge is 0.142 e. The number of aliphatic hydroxyl groups excluding tert-OH is 1. The third-order valence-electron chi connectivity index (χ3n) is 2.39. The van der Waals surface area contributed by atoms with Crippen LogP contribution in [-0.2, 0) is 6.54 Å². The fourth-order valence-corrected chi connectivity index (χ4v) is 1.51. The number of hydrogen-bond donors (Lipinski definition) is 1. The fraction of sp³-hybridized carbons (Fsp3) is 0.214. The van der Waals surface area contributed by atoms with Crippen LogP contribution in [0.3, 0.4) is 0 Å². The highest BCUT2D eigenvalue weighted by atomic mass is 19.1. The highest BCUT2D eigenvalue weighted by Crippen LogP contribution is 2.16. The number of aliphatic hydroxyl groups is 1. The Bertz CT molecular complexity index is 585. The molecule has 4 nitrogen and oxygen atoms in total. The van der Waals surface area contributed by atoms with Gasteiger partial charge in [-0.2, -0.15) is 5.10 Å². The Balaban J connectivity index is 1.92. The standard InChI is InChI=1S/C14H13FN2O2/c15-14-11-13(5-4-12(14)3-1-9-18)19-10-8-17-7-2-6-16-17/h2,4-7,11,18H,8-10H2. The molecule has 1 heterocycles. The zero-order chi connectivity index (χ0) is 13.5. The molecule has 0 bridgehead atoms. The van der Waals surface area contributed by atoms with Gasteiger partial charge in [0.15, 0.2) is 0 Å². The number of benzene rings is 1. The molecule has 1 aromatic heterocycles. The predicted octanol–water partition coefficient (Wildman–Crippen LogP) is 1.44. The molecule has 0 atom stereocenters. The van der Waals surface area contributed by atoms with Crippen molar-refractivity contribution in [2.45, 2.75) is 6.54 Å². The van der Waals surface area contributed by atoms with Crippen molar-refractivity contribution in [2.75, 3.05) is 13.2 Å². The monoisotopic (exact) mass is 260 g/mol. The molecule has 1 N–H and O–H groups in total. The molecular formula is C14H13FN2O2. The van der Waals surface area contributed by atoms with Crippen LogP contribution in [0.1, 0.15) is 5.56 Å². The molecule has 98 valence electrons. The number of ether oxygens (including phenoxy) is 1. The molecule has 2 aromatic rings. The highest BCUT2D eigenvalue weighted by Gasteiger charge is 2.02. The molecule has 19 heavy (non-hydrogen) atoms. The normalized spacial score (nSPS) is 9.79. The van der Waals surface area contributed by atoms with Crippen LogP contribution >= 0.6 is 0 Å². The predicted molar refractivity (Wildman–Crippen MR) is 68.1 cm³/mol. The molecule has 0 saturated heterocycles. The second-order valence-electron chi connectivity index (χ2n) is 3.72. The molecule has 0 unspecified atom stereocenters. The molecule has 0 spiro atoms. The lowest BCUT2D eigenvalue weighted by Crippen LogP contribution is -2.08. The van der Waals surface area contributed by atoms with E-state index in [-0.39, 0.29) is 12.2 Å². The van der Waals surface area contributed by atoms with Crippen LogP contribution in [0.2, 0.25) is 0 Å². The van der Waals surface area contributed by atoms with Gasteiger partial charge in [-0.05, 0) is 18.2 Å². The summed E-state index contributed by atoms with van der Waals surface area (Å²) in [6.07, 6.45) is 3.52. The van der Waals surface area contributed by atoms with Gasteiger partial charge in [-0.3, -0.25) is 4.68 Å². The minimum absolute atomic E-state index is 0.244. The van der Waals surface area contributed by atoms with Crippen molar-refractivity contribution in [2.24, 2.45) is 0 Å². The molecule has 5 heteroatoms. The molecule has 2 rings (SSSR count). The van der Waals surface area contributed by atoms with Crippen LogP contribution < -0.4 is 4.74 Å². The van der Waals surface area contributed by atoms with Crippen LogP contribution in [0.5, 0.6) is 5.75 Å². The van der Waals surface area contributed by atoms with Crippen molar-refractivity contribution in [3.63, 3.8) is 0 Å². The van der Waals surface area contributed by atoms with Gasteiger partial charge in [-0.1, -0.05) is 11.8 Å². The quantitative estimate of drug-likeness (QED) is 0.846. The number of aromatic nitrogens is 2. The van der Waals surface area contributed by atoms with Crippen molar-refractivity contribution in [1.82, 2.24) is 9.78 Å². The van der Waals surface area contributed by atoms with Crippen molar-refractivity contribution >= 4 is 0 Å². The van der Waals surface area contributed by atoms with E-state index in [0.29, 0.717) is 18.9 Å². The van der Waals surface area contributed by atoms with E-state index in [4.69, 9.17) is 9.84 Å². The Hall–Kier alpha value is -2.32. The molecule has 0 fully saturated rings. The van der Waals surface area contributed by atoms with Crippen LogP contribution in [0.4, 0.5) is 4.39 Å². The van der Waals surface area contributed by atoms with E-state index in [9.17, 15) is 4.39 Å². The number of hydrogen-bond acceptors (Lipinski definition) is 3. The summed E-state index contributed by atoms with van der Waals surface area (Å²) in [6.45, 7) is 0.713. The lowest BCUT2D eigenvalue weighted by Gasteiger charge is -2.06. The maximum absolute atomic E-state index is 13.6. The Morgan fingerprint density at radius 3 is 3.00 bits per heavy atom. The summed E-state index contributed by atoms with van der Waals surface area (Å²) in [6, 6.07) is 6.29. The van der Waals surface area contributed by atoms with Crippen molar-refractivity contribution in [3.05, 3.63) is 48.0 Å². The van der Waals surface area contributed by atoms with Gasteiger partial charge in [0.05, 0.1) is 12.1 Å². The van der Waals surface area contributed by atoms with Gasteiger partial charge in [-0.25, -0.2) is 4.39 Å². The molecule has 0 aliphatic rings. The summed E-state index contributed by atoms with van der Waals surface area (Å²) in [5, 5.41) is 12.6. The summed E-state index contributed by atoms with van der Waals surface area (Å²) < 4.78 is 20.7. The summed E-state index contributed by atoms with van der Waals surface area (Å²) in [7, 11) is 0. The Kier molecular flexibility index (Phi) is 4.54. The molecule has 0 aliphatic carbocycles. The Labute approximate surface area is 110 Å². The first-order valence-corrected chi connectivity index (χ1v) is 5.79. The van der Waals surface area contributed by atoms with Gasteiger partial charge in [0.25, 0.3) is 0 Å². The van der Waals surface area contributed by atoms with Gasteiger partial charge in [0.2, 0.25) is 0 Å². The van der Waals surface area contributed by atoms with Crippen LogP contribution in [-0.4, -0.2) is 28.1 Å². The maximum Gasteiger partial charge on any atom is 0.142 e. The van der Waals surface area contributed by atoms with E-state index >= 15 is 0 Å². The fourth-order valence-electron chi connectivity index (χ4n) is 1.51. The van der Waals surface area contributed by atoms with Crippen molar-refractivity contribution in [1.29, 1.82) is 0 Å². The zero-order valence-electron chi connectivity index (χ0n) is 10.2. The van der Waals surface area contributed by atoms with E-state index in [2.05, 4.69) is 16.9 Å².